The maximum atomic E-state index is 14.4. The van der Waals surface area contributed by atoms with E-state index in [4.69, 9.17) is 9.84 Å². The molecule has 0 unspecified atom stereocenters. The van der Waals surface area contributed by atoms with Crippen LogP contribution in [0.4, 0.5) is 14.6 Å². The molecular formula is C15H15F2N3O4. The third-order valence-electron chi connectivity index (χ3n) is 2.99. The molecule has 9 heteroatoms. The van der Waals surface area contributed by atoms with E-state index in [9.17, 15) is 18.4 Å². The van der Waals surface area contributed by atoms with Gasteiger partial charge in [-0.05, 0) is 19.1 Å². The van der Waals surface area contributed by atoms with Gasteiger partial charge in [-0.15, -0.1) is 0 Å². The van der Waals surface area contributed by atoms with Crippen molar-refractivity contribution in [1.82, 2.24) is 9.78 Å². The second kappa shape index (κ2) is 7.07. The van der Waals surface area contributed by atoms with Crippen LogP contribution in [0.2, 0.25) is 0 Å². The number of anilines is 1. The number of benzene rings is 1. The predicted molar refractivity (Wildman–Crippen MR) is 80.0 cm³/mol. The molecule has 128 valence electrons. The Bertz CT molecular complexity index is 746. The zero-order chi connectivity index (χ0) is 17.7. The first-order valence-electron chi connectivity index (χ1n) is 7.01. The molecule has 1 aromatic carbocycles. The lowest BCUT2D eigenvalue weighted by atomic mass is 10.1. The number of amides is 1. The van der Waals surface area contributed by atoms with E-state index in [0.29, 0.717) is 0 Å². The van der Waals surface area contributed by atoms with Gasteiger partial charge in [-0.25, -0.2) is 0 Å². The Hall–Kier alpha value is -2.97. The normalized spacial score (nSPS) is 11.1. The molecule has 0 aliphatic rings. The molecule has 24 heavy (non-hydrogen) atoms. The maximum Gasteiger partial charge on any atom is 0.353 e. The van der Waals surface area contributed by atoms with Gasteiger partial charge in [0.15, 0.2) is 5.82 Å². The zero-order valence-electron chi connectivity index (χ0n) is 12.7. The highest BCUT2D eigenvalue weighted by Crippen LogP contribution is 2.35. The van der Waals surface area contributed by atoms with Crippen molar-refractivity contribution in [3.8, 4) is 5.75 Å². The summed E-state index contributed by atoms with van der Waals surface area (Å²) in [6, 6.07) is 6.58. The molecule has 0 bridgehead atoms. The Morgan fingerprint density at radius 2 is 2.04 bits per heavy atom. The smallest absolute Gasteiger partial charge is 0.353 e. The number of carbonyl (C=O) groups excluding carboxylic acids is 1. The quantitative estimate of drug-likeness (QED) is 0.806. The van der Waals surface area contributed by atoms with E-state index >= 15 is 0 Å². The van der Waals surface area contributed by atoms with Gasteiger partial charge in [-0.3, -0.25) is 14.3 Å². The van der Waals surface area contributed by atoms with E-state index < -0.39 is 29.9 Å². The number of carbonyl (C=O) groups is 2. The Morgan fingerprint density at radius 3 is 2.71 bits per heavy atom. The van der Waals surface area contributed by atoms with Crippen molar-refractivity contribution in [2.45, 2.75) is 19.4 Å². The van der Waals surface area contributed by atoms with Gasteiger partial charge in [0.05, 0.1) is 12.2 Å². The van der Waals surface area contributed by atoms with Gasteiger partial charge in [0.2, 0.25) is 0 Å². The second-order valence-electron chi connectivity index (χ2n) is 4.75. The molecule has 2 aromatic rings. The van der Waals surface area contributed by atoms with Crippen molar-refractivity contribution in [3.05, 3.63) is 42.1 Å². The van der Waals surface area contributed by atoms with Crippen molar-refractivity contribution in [2.24, 2.45) is 0 Å². The fourth-order valence-electron chi connectivity index (χ4n) is 1.98. The molecule has 1 aromatic heterocycles. The summed E-state index contributed by atoms with van der Waals surface area (Å²) in [7, 11) is 0. The number of aliphatic carboxylic acids is 1. The van der Waals surface area contributed by atoms with Crippen molar-refractivity contribution in [2.75, 3.05) is 11.9 Å². The number of rotatable bonds is 7. The number of para-hydroxylation sites is 1. The van der Waals surface area contributed by atoms with Crippen LogP contribution in [-0.4, -0.2) is 33.4 Å². The van der Waals surface area contributed by atoms with E-state index in [1.165, 1.54) is 30.5 Å². The number of carboxylic acids is 1. The van der Waals surface area contributed by atoms with Gasteiger partial charge < -0.3 is 15.2 Å². The number of ether oxygens (including phenoxy) is 1. The third kappa shape index (κ3) is 3.86. The molecule has 1 heterocycles. The van der Waals surface area contributed by atoms with Gasteiger partial charge in [0.25, 0.3) is 0 Å². The number of carboxylic acid groups (broad SMARTS) is 1. The number of nitrogens with zero attached hydrogens (tertiary/aromatic N) is 2. The number of aromatic nitrogens is 2. The lowest BCUT2D eigenvalue weighted by Crippen LogP contribution is -2.33. The summed E-state index contributed by atoms with van der Waals surface area (Å²) in [5, 5.41) is 14.3. The Morgan fingerprint density at radius 1 is 1.33 bits per heavy atom. The number of alkyl halides is 2. The minimum atomic E-state index is -3.84. The van der Waals surface area contributed by atoms with Crippen LogP contribution in [-0.2, 0) is 22.1 Å². The Kier molecular flexibility index (Phi) is 5.12. The summed E-state index contributed by atoms with van der Waals surface area (Å²) in [6.45, 7) is 1.37. The van der Waals surface area contributed by atoms with Crippen molar-refractivity contribution in [3.63, 3.8) is 0 Å². The van der Waals surface area contributed by atoms with Gasteiger partial charge in [0, 0.05) is 12.3 Å². The monoisotopic (exact) mass is 339 g/mol. The molecule has 0 spiro atoms. The highest BCUT2D eigenvalue weighted by molar-refractivity contribution is 5.96. The van der Waals surface area contributed by atoms with Crippen molar-refractivity contribution in [1.29, 1.82) is 0 Å². The van der Waals surface area contributed by atoms with Crippen LogP contribution in [0, 0.1) is 0 Å². The highest BCUT2D eigenvalue weighted by Gasteiger charge is 2.43. The topological polar surface area (TPSA) is 93.5 Å². The lowest BCUT2D eigenvalue weighted by molar-refractivity contribution is -0.141. The van der Waals surface area contributed by atoms with Crippen LogP contribution in [0.25, 0.3) is 0 Å². The highest BCUT2D eigenvalue weighted by atomic mass is 19.3. The summed E-state index contributed by atoms with van der Waals surface area (Å²) in [6.07, 6.45) is 1.26. The first kappa shape index (κ1) is 17.4. The van der Waals surface area contributed by atoms with E-state index in [0.717, 1.165) is 10.7 Å². The predicted octanol–water partition coefficient (Wildman–Crippen LogP) is 2.10. The first-order valence-corrected chi connectivity index (χ1v) is 7.01. The van der Waals surface area contributed by atoms with Gasteiger partial charge in [-0.2, -0.15) is 13.9 Å². The van der Waals surface area contributed by atoms with E-state index in [1.807, 2.05) is 5.32 Å². The summed E-state index contributed by atoms with van der Waals surface area (Å²) in [4.78, 5) is 22.5. The molecule has 7 nitrogen and oxygen atoms in total. The minimum Gasteiger partial charge on any atom is -0.493 e. The Balaban J connectivity index is 2.18. The zero-order valence-corrected chi connectivity index (χ0v) is 12.7. The summed E-state index contributed by atoms with van der Waals surface area (Å²) in [5.74, 6) is -6.84. The lowest BCUT2D eigenvalue weighted by Gasteiger charge is -2.18. The standard InChI is InChI=1S/C15H15F2N3O4/c1-2-24-11-6-4-3-5-10(11)15(16,17)14(23)18-12-7-8-20(19-12)9-13(21)22/h3-8H,2,9H2,1H3,(H,21,22)(H,18,19,23). The number of halogens is 2. The molecule has 0 atom stereocenters. The van der Waals surface area contributed by atoms with Crippen molar-refractivity contribution >= 4 is 17.7 Å². The van der Waals surface area contributed by atoms with Crippen LogP contribution in [0.15, 0.2) is 36.5 Å². The van der Waals surface area contributed by atoms with Crippen LogP contribution in [0.5, 0.6) is 5.75 Å². The largest absolute Gasteiger partial charge is 0.493 e. The molecule has 0 fully saturated rings. The fourth-order valence-corrected chi connectivity index (χ4v) is 1.98. The molecule has 2 N–H and O–H groups in total. The van der Waals surface area contributed by atoms with Crippen LogP contribution in [0.1, 0.15) is 12.5 Å². The molecule has 0 radical (unpaired) electrons. The fraction of sp³-hybridized carbons (Fsp3) is 0.267. The SMILES string of the molecule is CCOc1ccccc1C(F)(F)C(=O)Nc1ccn(CC(=O)O)n1. The molecule has 0 aliphatic heterocycles. The van der Waals surface area contributed by atoms with Crippen molar-refractivity contribution < 1.29 is 28.2 Å². The van der Waals surface area contributed by atoms with E-state index in [2.05, 4.69) is 5.10 Å². The van der Waals surface area contributed by atoms with Gasteiger partial charge >= 0.3 is 17.8 Å². The number of hydrogen-bond donors (Lipinski definition) is 2. The Labute approximate surface area is 135 Å². The van der Waals surface area contributed by atoms with Gasteiger partial charge in [0.1, 0.15) is 12.3 Å². The summed E-state index contributed by atoms with van der Waals surface area (Å²) in [5.41, 5.74) is -0.561. The van der Waals surface area contributed by atoms with E-state index in [1.54, 1.807) is 6.92 Å². The van der Waals surface area contributed by atoms with Crippen LogP contribution >= 0.6 is 0 Å². The summed E-state index contributed by atoms with van der Waals surface area (Å²) < 4.78 is 35.0. The number of hydrogen-bond acceptors (Lipinski definition) is 4. The summed E-state index contributed by atoms with van der Waals surface area (Å²) >= 11 is 0. The second-order valence-corrected chi connectivity index (χ2v) is 4.75. The first-order chi connectivity index (χ1) is 11.3. The van der Waals surface area contributed by atoms with Gasteiger partial charge in [-0.1, -0.05) is 12.1 Å². The molecule has 0 aliphatic carbocycles. The third-order valence-corrected chi connectivity index (χ3v) is 2.99. The maximum absolute atomic E-state index is 14.4. The molecule has 0 saturated carbocycles. The minimum absolute atomic E-state index is 0.0865. The average molecular weight is 339 g/mol. The molecule has 1 amide bonds. The molecule has 2 rings (SSSR count). The average Bonchev–Trinajstić information content (AvgIpc) is 2.94. The molecule has 0 saturated heterocycles. The van der Waals surface area contributed by atoms with E-state index in [-0.39, 0.29) is 18.2 Å². The van der Waals surface area contributed by atoms with Crippen LogP contribution < -0.4 is 10.1 Å². The van der Waals surface area contributed by atoms with Crippen LogP contribution in [0.3, 0.4) is 0 Å². The molecular weight excluding hydrogens is 324 g/mol. The number of nitrogens with one attached hydrogen (secondary N) is 1.